The average Bonchev–Trinajstić information content (AvgIpc) is 3.16. The molecule has 30 heavy (non-hydrogen) atoms. The van der Waals surface area contributed by atoms with Gasteiger partial charge in [-0.3, -0.25) is 4.79 Å². The normalized spacial score (nSPS) is 11.2. The van der Waals surface area contributed by atoms with Crippen LogP contribution in [0.5, 0.6) is 0 Å². The van der Waals surface area contributed by atoms with Crippen molar-refractivity contribution in [1.29, 1.82) is 0 Å². The predicted octanol–water partition coefficient (Wildman–Crippen LogP) is 5.53. The summed E-state index contributed by atoms with van der Waals surface area (Å²) in [6.45, 7) is 5.74. The molecule has 4 nitrogen and oxygen atoms in total. The van der Waals surface area contributed by atoms with Crippen LogP contribution in [0.15, 0.2) is 79.1 Å². The third kappa shape index (κ3) is 4.60. The van der Waals surface area contributed by atoms with E-state index in [0.29, 0.717) is 18.0 Å². The number of hydrogen-bond donors (Lipinski definition) is 1. The summed E-state index contributed by atoms with van der Waals surface area (Å²) in [5.41, 5.74) is 6.17. The number of imidazole rings is 1. The lowest BCUT2D eigenvalue weighted by atomic mass is 10.0. The van der Waals surface area contributed by atoms with Crippen LogP contribution in [-0.4, -0.2) is 22.0 Å². The second kappa shape index (κ2) is 8.95. The summed E-state index contributed by atoms with van der Waals surface area (Å²) in [6, 6.07) is 24.7. The van der Waals surface area contributed by atoms with Gasteiger partial charge in [0.05, 0.1) is 17.4 Å². The molecule has 4 aromatic rings. The minimum absolute atomic E-state index is 0.0383. The Kier molecular flexibility index (Phi) is 5.94. The monoisotopic (exact) mass is 397 g/mol. The highest BCUT2D eigenvalue weighted by atomic mass is 16.1. The first kappa shape index (κ1) is 19.9. The second-order valence-corrected chi connectivity index (χ2v) is 8.08. The molecule has 0 fully saturated rings. The number of rotatable bonds is 7. The van der Waals surface area contributed by atoms with E-state index < -0.39 is 0 Å². The molecule has 1 amide bonds. The second-order valence-electron chi connectivity index (χ2n) is 8.08. The maximum Gasteiger partial charge on any atom is 0.251 e. The largest absolute Gasteiger partial charge is 0.352 e. The van der Waals surface area contributed by atoms with Crippen molar-refractivity contribution in [3.63, 3.8) is 0 Å². The van der Waals surface area contributed by atoms with Crippen molar-refractivity contribution >= 4 is 16.9 Å². The van der Waals surface area contributed by atoms with Gasteiger partial charge in [-0.25, -0.2) is 4.98 Å². The molecule has 152 valence electrons. The minimum Gasteiger partial charge on any atom is -0.352 e. The molecule has 0 bridgehead atoms. The van der Waals surface area contributed by atoms with E-state index in [4.69, 9.17) is 0 Å². The fourth-order valence-corrected chi connectivity index (χ4v) is 3.54. The topological polar surface area (TPSA) is 46.9 Å². The number of carbonyl (C=O) groups excluding carboxylic acids is 1. The Morgan fingerprint density at radius 1 is 0.967 bits per heavy atom. The van der Waals surface area contributed by atoms with Gasteiger partial charge in [0.25, 0.3) is 5.91 Å². The van der Waals surface area contributed by atoms with Gasteiger partial charge in [0.15, 0.2) is 0 Å². The molecule has 0 unspecified atom stereocenters. The van der Waals surface area contributed by atoms with Gasteiger partial charge >= 0.3 is 0 Å². The van der Waals surface area contributed by atoms with E-state index in [2.05, 4.69) is 77.2 Å². The smallest absolute Gasteiger partial charge is 0.251 e. The maximum absolute atomic E-state index is 12.4. The van der Waals surface area contributed by atoms with Crippen LogP contribution in [0.2, 0.25) is 0 Å². The number of nitrogens with one attached hydrogen (secondary N) is 1. The lowest BCUT2D eigenvalue weighted by Crippen LogP contribution is -2.25. The van der Waals surface area contributed by atoms with Crippen LogP contribution in [0.25, 0.3) is 22.2 Å². The Morgan fingerprint density at radius 2 is 1.70 bits per heavy atom. The van der Waals surface area contributed by atoms with E-state index in [1.54, 1.807) is 0 Å². The highest BCUT2D eigenvalue weighted by Crippen LogP contribution is 2.21. The molecule has 0 aliphatic carbocycles. The van der Waals surface area contributed by atoms with Gasteiger partial charge in [0.2, 0.25) is 0 Å². The van der Waals surface area contributed by atoms with Crippen LogP contribution < -0.4 is 5.32 Å². The SMILES string of the molecule is CC(C)CCNC(=O)c1ccc2c(c1)ncn2Cc1ccc(-c2ccccc2)cc1. The number of hydrogen-bond acceptors (Lipinski definition) is 2. The van der Waals surface area contributed by atoms with Gasteiger partial charge in [-0.15, -0.1) is 0 Å². The molecule has 0 saturated heterocycles. The third-order valence-electron chi connectivity index (χ3n) is 5.30. The molecule has 1 N–H and O–H groups in total. The lowest BCUT2D eigenvalue weighted by molar-refractivity contribution is 0.0952. The standard InChI is InChI=1S/C26H27N3O/c1-19(2)14-15-27-26(30)23-12-13-25-24(16-23)28-18-29(25)17-20-8-10-22(11-9-20)21-6-4-3-5-7-21/h3-13,16,18-19H,14-15,17H2,1-2H3,(H,27,30). The molecule has 4 rings (SSSR count). The Morgan fingerprint density at radius 3 is 2.43 bits per heavy atom. The van der Waals surface area contributed by atoms with Gasteiger partial charge in [-0.05, 0) is 47.2 Å². The lowest BCUT2D eigenvalue weighted by Gasteiger charge is -2.08. The van der Waals surface area contributed by atoms with E-state index >= 15 is 0 Å². The number of carbonyl (C=O) groups is 1. The molecule has 0 aliphatic heterocycles. The fourth-order valence-electron chi connectivity index (χ4n) is 3.54. The zero-order valence-corrected chi connectivity index (χ0v) is 17.5. The van der Waals surface area contributed by atoms with Crippen LogP contribution in [0.1, 0.15) is 36.2 Å². The average molecular weight is 398 g/mol. The zero-order chi connectivity index (χ0) is 20.9. The highest BCUT2D eigenvalue weighted by molar-refractivity contribution is 5.97. The van der Waals surface area contributed by atoms with Gasteiger partial charge in [0.1, 0.15) is 0 Å². The van der Waals surface area contributed by atoms with E-state index in [1.165, 1.54) is 16.7 Å². The van der Waals surface area contributed by atoms with Crippen LogP contribution >= 0.6 is 0 Å². The van der Waals surface area contributed by atoms with Crippen LogP contribution in [0.3, 0.4) is 0 Å². The van der Waals surface area contributed by atoms with Gasteiger partial charge in [0, 0.05) is 18.7 Å². The van der Waals surface area contributed by atoms with Gasteiger partial charge in [-0.2, -0.15) is 0 Å². The van der Waals surface area contributed by atoms with Crippen molar-refractivity contribution < 1.29 is 4.79 Å². The molecule has 4 heteroatoms. The van der Waals surface area contributed by atoms with Crippen LogP contribution in [0, 0.1) is 5.92 Å². The number of benzene rings is 3. The van der Waals surface area contributed by atoms with E-state index in [0.717, 1.165) is 24.0 Å². The summed E-state index contributed by atoms with van der Waals surface area (Å²) in [6.07, 6.45) is 2.82. The molecule has 0 radical (unpaired) electrons. The van der Waals surface area contributed by atoms with E-state index in [9.17, 15) is 4.79 Å². The molecule has 1 heterocycles. The van der Waals surface area contributed by atoms with Gasteiger partial charge in [-0.1, -0.05) is 68.4 Å². The third-order valence-corrected chi connectivity index (χ3v) is 5.30. The van der Waals surface area contributed by atoms with Crippen molar-refractivity contribution in [3.05, 3.63) is 90.3 Å². The summed E-state index contributed by atoms with van der Waals surface area (Å²) in [7, 11) is 0. The molecule has 0 aliphatic rings. The van der Waals surface area contributed by atoms with E-state index in [-0.39, 0.29) is 5.91 Å². The number of amides is 1. The summed E-state index contributed by atoms with van der Waals surface area (Å²) in [4.78, 5) is 16.9. The number of nitrogens with zero attached hydrogens (tertiary/aromatic N) is 2. The van der Waals surface area contributed by atoms with Crippen molar-refractivity contribution in [2.75, 3.05) is 6.54 Å². The molecule has 0 atom stereocenters. The van der Waals surface area contributed by atoms with Crippen molar-refractivity contribution in [2.24, 2.45) is 5.92 Å². The molecular weight excluding hydrogens is 370 g/mol. The summed E-state index contributed by atoms with van der Waals surface area (Å²) in [5, 5.41) is 2.99. The zero-order valence-electron chi connectivity index (χ0n) is 17.5. The van der Waals surface area contributed by atoms with Crippen LogP contribution in [0.4, 0.5) is 0 Å². The first-order valence-corrected chi connectivity index (χ1v) is 10.5. The Labute approximate surface area is 177 Å². The van der Waals surface area contributed by atoms with E-state index in [1.807, 2.05) is 30.6 Å². The first-order chi connectivity index (χ1) is 14.6. The summed E-state index contributed by atoms with van der Waals surface area (Å²) >= 11 is 0. The molecular formula is C26H27N3O. The van der Waals surface area contributed by atoms with Crippen LogP contribution in [-0.2, 0) is 6.54 Å². The quantitative estimate of drug-likeness (QED) is 0.446. The van der Waals surface area contributed by atoms with Crippen molar-refractivity contribution in [1.82, 2.24) is 14.9 Å². The molecule has 3 aromatic carbocycles. The maximum atomic E-state index is 12.4. The first-order valence-electron chi connectivity index (χ1n) is 10.5. The van der Waals surface area contributed by atoms with Crippen molar-refractivity contribution in [3.8, 4) is 11.1 Å². The summed E-state index contributed by atoms with van der Waals surface area (Å²) in [5.74, 6) is 0.536. The molecule has 1 aromatic heterocycles. The fraction of sp³-hybridized carbons (Fsp3) is 0.231. The molecule has 0 spiro atoms. The predicted molar refractivity (Wildman–Crippen MR) is 123 cm³/mol. The minimum atomic E-state index is -0.0383. The Hall–Kier alpha value is -3.40. The Bertz CT molecular complexity index is 1130. The van der Waals surface area contributed by atoms with Crippen molar-refractivity contribution in [2.45, 2.75) is 26.8 Å². The van der Waals surface area contributed by atoms with Gasteiger partial charge < -0.3 is 9.88 Å². The number of aromatic nitrogens is 2. The molecule has 0 saturated carbocycles. The Balaban J connectivity index is 1.47. The number of fused-ring (bicyclic) bond motifs is 1. The summed E-state index contributed by atoms with van der Waals surface area (Å²) < 4.78 is 2.12. The highest BCUT2D eigenvalue weighted by Gasteiger charge is 2.10.